The van der Waals surface area contributed by atoms with Crippen molar-refractivity contribution in [1.82, 2.24) is 4.57 Å². The van der Waals surface area contributed by atoms with Crippen LogP contribution >= 0.6 is 33.9 Å². The third-order valence-electron chi connectivity index (χ3n) is 7.13. The maximum atomic E-state index is 14.2. The van der Waals surface area contributed by atoms with E-state index in [1.165, 1.54) is 16.9 Å². The zero-order valence-corrected chi connectivity index (χ0v) is 27.7. The van der Waals surface area contributed by atoms with Crippen molar-refractivity contribution < 1.29 is 19.0 Å². The number of carbonyl (C=O) groups excluding carboxylic acids is 1. The number of hydrogen-bond donors (Lipinski definition) is 0. The monoisotopic (exact) mass is 708 g/mol. The highest BCUT2D eigenvalue weighted by Crippen LogP contribution is 2.36. The Morgan fingerprint density at radius 2 is 1.79 bits per heavy atom. The highest BCUT2D eigenvalue weighted by Gasteiger charge is 2.35. The second-order valence-corrected chi connectivity index (χ2v) is 12.4. The Labute approximate surface area is 268 Å². The Bertz CT molecular complexity index is 1860. The Morgan fingerprint density at radius 3 is 2.42 bits per heavy atom. The van der Waals surface area contributed by atoms with E-state index in [0.29, 0.717) is 44.6 Å². The molecular weight excluding hydrogens is 675 g/mol. The Kier molecular flexibility index (Phi) is 9.51. The molecule has 1 aliphatic heterocycles. The summed E-state index contributed by atoms with van der Waals surface area (Å²) in [6.45, 7) is 8.67. The average Bonchev–Trinajstić information content (AvgIpc) is 3.32. The average molecular weight is 709 g/mol. The summed E-state index contributed by atoms with van der Waals surface area (Å²) >= 11 is 3.50. The second kappa shape index (κ2) is 13.3. The molecule has 0 spiro atoms. The molecule has 43 heavy (non-hydrogen) atoms. The van der Waals surface area contributed by atoms with Gasteiger partial charge in [-0.15, -0.1) is 0 Å². The van der Waals surface area contributed by atoms with Crippen LogP contribution in [0.1, 0.15) is 61.9 Å². The number of benzene rings is 3. The third-order valence-corrected chi connectivity index (χ3v) is 8.92. The van der Waals surface area contributed by atoms with E-state index in [1.807, 2.05) is 67.6 Å². The van der Waals surface area contributed by atoms with Crippen LogP contribution in [0.25, 0.3) is 11.8 Å². The van der Waals surface area contributed by atoms with E-state index in [0.717, 1.165) is 20.3 Å². The maximum absolute atomic E-state index is 14.2. The van der Waals surface area contributed by atoms with Gasteiger partial charge in [-0.1, -0.05) is 79.8 Å². The summed E-state index contributed by atoms with van der Waals surface area (Å²) in [6.07, 6.45) is 1.83. The highest BCUT2D eigenvalue weighted by atomic mass is 127. The van der Waals surface area contributed by atoms with Crippen molar-refractivity contribution in [3.8, 4) is 11.5 Å². The molecule has 0 amide bonds. The molecule has 0 saturated heterocycles. The smallest absolute Gasteiger partial charge is 0.338 e. The first-order chi connectivity index (χ1) is 20.8. The predicted molar refractivity (Wildman–Crippen MR) is 178 cm³/mol. The van der Waals surface area contributed by atoms with Gasteiger partial charge >= 0.3 is 5.97 Å². The van der Waals surface area contributed by atoms with Crippen LogP contribution in [0.4, 0.5) is 0 Å². The molecule has 0 N–H and O–H groups in total. The lowest BCUT2D eigenvalue weighted by molar-refractivity contribution is -0.138. The fraction of sp³-hybridized carbons (Fsp3) is 0.265. The summed E-state index contributed by atoms with van der Waals surface area (Å²) in [5, 5.41) is 0. The van der Waals surface area contributed by atoms with E-state index >= 15 is 0 Å². The van der Waals surface area contributed by atoms with Gasteiger partial charge in [0, 0.05) is 5.56 Å². The van der Waals surface area contributed by atoms with Gasteiger partial charge in [0.1, 0.15) is 0 Å². The Balaban J connectivity index is 1.78. The molecular formula is C34H33IN2O5S. The molecule has 5 rings (SSSR count). The molecule has 9 heteroatoms. The molecule has 0 aliphatic carbocycles. The van der Waals surface area contributed by atoms with E-state index in [1.54, 1.807) is 18.6 Å². The highest BCUT2D eigenvalue weighted by molar-refractivity contribution is 14.1. The molecule has 0 unspecified atom stereocenters. The number of fused-ring (bicyclic) bond motifs is 1. The Hall–Kier alpha value is -3.70. The molecule has 222 valence electrons. The van der Waals surface area contributed by atoms with Crippen molar-refractivity contribution in [1.29, 1.82) is 0 Å². The van der Waals surface area contributed by atoms with Crippen LogP contribution in [0.5, 0.6) is 11.5 Å². The number of nitrogens with zero attached hydrogens (tertiary/aromatic N) is 2. The van der Waals surface area contributed by atoms with Gasteiger partial charge in [0.15, 0.2) is 16.3 Å². The lowest BCUT2D eigenvalue weighted by Gasteiger charge is -2.26. The van der Waals surface area contributed by atoms with Crippen molar-refractivity contribution in [2.45, 2.75) is 39.7 Å². The number of hydrogen-bond acceptors (Lipinski definition) is 7. The molecule has 1 aliphatic rings. The van der Waals surface area contributed by atoms with Gasteiger partial charge in [-0.05, 0) is 77.3 Å². The van der Waals surface area contributed by atoms with Gasteiger partial charge < -0.3 is 14.2 Å². The standard InChI is InChI=1S/C34H33IN2O5S/c1-6-41-31-25(35)17-21(18-26(31)40-5)19-27-32(38)37-30(24-15-13-22(14-16-24)20(3)4)28(33(39)42-7-2)29(36-34(37)43-27)23-11-9-8-10-12-23/h8-20,30H,6-7H2,1-5H3/b27-19-/t30-/m1/s1. The summed E-state index contributed by atoms with van der Waals surface area (Å²) in [5.41, 5.74) is 4.14. The van der Waals surface area contributed by atoms with Gasteiger partial charge in [0.2, 0.25) is 0 Å². The minimum absolute atomic E-state index is 0.200. The second-order valence-electron chi connectivity index (χ2n) is 10.2. The van der Waals surface area contributed by atoms with Crippen molar-refractivity contribution in [3.63, 3.8) is 0 Å². The maximum Gasteiger partial charge on any atom is 0.338 e. The number of thiazole rings is 1. The number of halogens is 1. The van der Waals surface area contributed by atoms with Crippen LogP contribution in [0.15, 0.2) is 82.1 Å². The zero-order valence-electron chi connectivity index (χ0n) is 24.7. The molecule has 7 nitrogen and oxygen atoms in total. The van der Waals surface area contributed by atoms with E-state index in [-0.39, 0.29) is 12.2 Å². The first kappa shape index (κ1) is 30.7. The fourth-order valence-electron chi connectivity index (χ4n) is 5.08. The summed E-state index contributed by atoms with van der Waals surface area (Å²) in [4.78, 5) is 33.3. The van der Waals surface area contributed by atoms with E-state index in [4.69, 9.17) is 19.2 Å². The van der Waals surface area contributed by atoms with E-state index in [2.05, 4.69) is 48.6 Å². The summed E-state index contributed by atoms with van der Waals surface area (Å²) in [7, 11) is 1.60. The zero-order chi connectivity index (χ0) is 30.7. The summed E-state index contributed by atoms with van der Waals surface area (Å²) in [6, 6.07) is 20.7. The van der Waals surface area contributed by atoms with E-state index < -0.39 is 12.0 Å². The van der Waals surface area contributed by atoms with Crippen LogP contribution in [0.2, 0.25) is 0 Å². The van der Waals surface area contributed by atoms with Gasteiger partial charge in [-0.2, -0.15) is 0 Å². The van der Waals surface area contributed by atoms with Crippen molar-refractivity contribution >= 4 is 51.7 Å². The molecule has 1 aromatic heterocycles. The third kappa shape index (κ3) is 6.19. The molecule has 0 bridgehead atoms. The topological polar surface area (TPSA) is 79.1 Å². The molecule has 4 aromatic rings. The predicted octanol–water partition coefficient (Wildman–Crippen LogP) is 6.07. The van der Waals surface area contributed by atoms with Crippen LogP contribution in [-0.4, -0.2) is 30.9 Å². The molecule has 0 fully saturated rings. The van der Waals surface area contributed by atoms with Gasteiger partial charge in [0.05, 0.1) is 45.7 Å². The minimum Gasteiger partial charge on any atom is -0.493 e. The quantitative estimate of drug-likeness (QED) is 0.156. The number of rotatable bonds is 9. The summed E-state index contributed by atoms with van der Waals surface area (Å²) in [5.74, 6) is 1.10. The number of carbonyl (C=O) groups is 1. The normalized spacial score (nSPS) is 14.9. The number of esters is 1. The number of aromatic nitrogens is 1. The summed E-state index contributed by atoms with van der Waals surface area (Å²) < 4.78 is 19.9. The SMILES string of the molecule is CCOC(=O)C1=C(c2ccccc2)N=c2s/c(=C\c3cc(I)c(OCC)c(OC)c3)c(=O)n2[C@@H]1c1ccc(C(C)C)cc1. The molecule has 1 atom stereocenters. The molecule has 0 radical (unpaired) electrons. The molecule has 2 heterocycles. The molecule has 3 aromatic carbocycles. The lowest BCUT2D eigenvalue weighted by atomic mass is 9.91. The van der Waals surface area contributed by atoms with Gasteiger partial charge in [-0.25, -0.2) is 9.79 Å². The largest absolute Gasteiger partial charge is 0.493 e. The van der Waals surface area contributed by atoms with E-state index in [9.17, 15) is 9.59 Å². The fourth-order valence-corrected chi connectivity index (χ4v) is 6.86. The number of ether oxygens (including phenoxy) is 3. The van der Waals surface area contributed by atoms with Crippen LogP contribution in [-0.2, 0) is 9.53 Å². The number of methoxy groups -OCH3 is 1. The lowest BCUT2D eigenvalue weighted by Crippen LogP contribution is -2.40. The van der Waals surface area contributed by atoms with Crippen LogP contribution in [0.3, 0.4) is 0 Å². The first-order valence-electron chi connectivity index (χ1n) is 14.2. The minimum atomic E-state index is -0.719. The van der Waals surface area contributed by atoms with Crippen molar-refractivity contribution in [2.24, 2.45) is 4.99 Å². The van der Waals surface area contributed by atoms with Crippen LogP contribution in [0, 0.1) is 3.57 Å². The van der Waals surface area contributed by atoms with Gasteiger partial charge in [-0.3, -0.25) is 9.36 Å². The first-order valence-corrected chi connectivity index (χ1v) is 16.1. The van der Waals surface area contributed by atoms with Crippen LogP contribution < -0.4 is 24.4 Å². The van der Waals surface area contributed by atoms with Gasteiger partial charge in [0.25, 0.3) is 5.56 Å². The molecule has 0 saturated carbocycles. The van der Waals surface area contributed by atoms with Crippen molar-refractivity contribution in [3.05, 3.63) is 118 Å². The van der Waals surface area contributed by atoms with Crippen molar-refractivity contribution in [2.75, 3.05) is 20.3 Å². The Morgan fingerprint density at radius 1 is 1.07 bits per heavy atom.